The van der Waals surface area contributed by atoms with E-state index in [2.05, 4.69) is 38.4 Å². The van der Waals surface area contributed by atoms with Crippen LogP contribution in [0.5, 0.6) is 11.5 Å². The van der Waals surface area contributed by atoms with E-state index in [9.17, 15) is 9.59 Å². The number of benzene rings is 2. The number of nitrogens with one attached hydrogen (secondary N) is 2. The molecule has 0 fully saturated rings. The van der Waals surface area contributed by atoms with Gasteiger partial charge >= 0.3 is 0 Å². The average Bonchev–Trinajstić information content (AvgIpc) is 2.79. The van der Waals surface area contributed by atoms with E-state index in [1.807, 2.05) is 19.9 Å². The maximum Gasteiger partial charge on any atom is 0.262 e. The highest BCUT2D eigenvalue weighted by Crippen LogP contribution is 2.28. The van der Waals surface area contributed by atoms with Gasteiger partial charge in [-0.05, 0) is 77.2 Å². The molecular formula is C25H28BrCl2N3O4. The van der Waals surface area contributed by atoms with Crippen LogP contribution in [-0.4, -0.2) is 36.8 Å². The Morgan fingerprint density at radius 3 is 2.46 bits per heavy atom. The molecule has 2 amide bonds. The number of rotatable bonds is 12. The highest BCUT2D eigenvalue weighted by molar-refractivity contribution is 9.10. The molecule has 2 aromatic rings. The molecule has 2 atom stereocenters. The van der Waals surface area contributed by atoms with Gasteiger partial charge in [-0.15, -0.1) is 0 Å². The number of ether oxygens (including phenoxy) is 2. The van der Waals surface area contributed by atoms with Gasteiger partial charge in [0, 0.05) is 5.02 Å². The quantitative estimate of drug-likeness (QED) is 0.188. The van der Waals surface area contributed by atoms with Crippen LogP contribution in [0, 0.1) is 5.92 Å². The van der Waals surface area contributed by atoms with Crippen LogP contribution in [-0.2, 0) is 9.59 Å². The van der Waals surface area contributed by atoms with E-state index in [0.717, 1.165) is 10.0 Å². The lowest BCUT2D eigenvalue weighted by atomic mass is 10.0. The summed E-state index contributed by atoms with van der Waals surface area (Å²) in [5.74, 6) is 0.239. The van der Waals surface area contributed by atoms with Gasteiger partial charge < -0.3 is 14.8 Å². The molecule has 2 aromatic carbocycles. The SMILES string of the molecule is C=CCOc1ccc(/C=N\NC(=O)[C@@H](CC(C)C)NC(=O)[C@H](C)Oc2ccc(Cl)cc2Cl)cc1Br. The number of hydrogen-bond acceptors (Lipinski definition) is 5. The molecule has 35 heavy (non-hydrogen) atoms. The fourth-order valence-corrected chi connectivity index (χ4v) is 3.88. The van der Waals surface area contributed by atoms with Crippen molar-refractivity contribution in [2.75, 3.05) is 6.61 Å². The van der Waals surface area contributed by atoms with E-state index < -0.39 is 24.0 Å². The number of carbonyl (C=O) groups is 2. The van der Waals surface area contributed by atoms with E-state index in [1.54, 1.807) is 37.3 Å². The van der Waals surface area contributed by atoms with Crippen molar-refractivity contribution >= 4 is 57.2 Å². The fraction of sp³-hybridized carbons (Fsp3) is 0.320. The zero-order chi connectivity index (χ0) is 26.0. The van der Waals surface area contributed by atoms with Crippen LogP contribution in [0.3, 0.4) is 0 Å². The van der Waals surface area contributed by atoms with Crippen LogP contribution in [0.15, 0.2) is 58.6 Å². The van der Waals surface area contributed by atoms with Crippen molar-refractivity contribution < 1.29 is 19.1 Å². The molecule has 2 rings (SSSR count). The first-order valence-corrected chi connectivity index (χ1v) is 12.4. The second-order valence-electron chi connectivity index (χ2n) is 8.05. The summed E-state index contributed by atoms with van der Waals surface area (Å²) in [5.41, 5.74) is 3.24. The molecule has 0 saturated heterocycles. The standard InChI is InChI=1S/C25H28BrCl2N3O4/c1-5-10-34-22-8-6-17(12-19(22)26)14-29-31-25(33)21(11-15(2)3)30-24(32)16(4)35-23-9-7-18(27)13-20(23)28/h5-9,12-16,21H,1,10-11H2,2-4H3,(H,30,32)(H,31,33)/b29-14-/t16-,21+/m0/s1. The molecule has 0 spiro atoms. The maximum absolute atomic E-state index is 12.8. The van der Waals surface area contributed by atoms with Crippen LogP contribution < -0.4 is 20.2 Å². The third-order valence-corrected chi connectivity index (χ3v) is 5.76. The highest BCUT2D eigenvalue weighted by atomic mass is 79.9. The van der Waals surface area contributed by atoms with Gasteiger partial charge in [0.1, 0.15) is 24.1 Å². The van der Waals surface area contributed by atoms with Crippen molar-refractivity contribution in [3.8, 4) is 11.5 Å². The van der Waals surface area contributed by atoms with Gasteiger partial charge in [-0.1, -0.05) is 49.7 Å². The molecule has 2 N–H and O–H groups in total. The van der Waals surface area contributed by atoms with Crippen LogP contribution >= 0.6 is 39.1 Å². The lowest BCUT2D eigenvalue weighted by molar-refractivity contribution is -0.132. The predicted molar refractivity (Wildman–Crippen MR) is 144 cm³/mol. The Kier molecular flexibility index (Phi) is 11.6. The van der Waals surface area contributed by atoms with E-state index in [0.29, 0.717) is 29.5 Å². The summed E-state index contributed by atoms with van der Waals surface area (Å²) >= 11 is 15.5. The molecule has 7 nitrogen and oxygen atoms in total. The summed E-state index contributed by atoms with van der Waals surface area (Å²) in [7, 11) is 0. The lowest BCUT2D eigenvalue weighted by Crippen LogP contribution is -2.49. The lowest BCUT2D eigenvalue weighted by Gasteiger charge is -2.22. The molecule has 0 aliphatic carbocycles. The topological polar surface area (TPSA) is 89.0 Å². The minimum Gasteiger partial charge on any atom is -0.488 e. The summed E-state index contributed by atoms with van der Waals surface area (Å²) in [5, 5.41) is 7.50. The van der Waals surface area contributed by atoms with Crippen LogP contribution in [0.1, 0.15) is 32.8 Å². The first-order chi connectivity index (χ1) is 16.6. The first kappa shape index (κ1) is 28.7. The Bertz CT molecular complexity index is 1080. The Labute approximate surface area is 224 Å². The zero-order valence-electron chi connectivity index (χ0n) is 19.7. The van der Waals surface area contributed by atoms with Gasteiger partial charge in [0.2, 0.25) is 0 Å². The third-order valence-electron chi connectivity index (χ3n) is 4.61. The number of carbonyl (C=O) groups excluding carboxylic acids is 2. The summed E-state index contributed by atoms with van der Waals surface area (Å²) in [6, 6.07) is 9.31. The van der Waals surface area contributed by atoms with Gasteiger partial charge in [0.05, 0.1) is 15.7 Å². The molecule has 0 unspecified atom stereocenters. The largest absolute Gasteiger partial charge is 0.488 e. The predicted octanol–water partition coefficient (Wildman–Crippen LogP) is 5.77. The summed E-state index contributed by atoms with van der Waals surface area (Å²) < 4.78 is 11.9. The van der Waals surface area contributed by atoms with Gasteiger partial charge in [-0.25, -0.2) is 5.43 Å². The van der Waals surface area contributed by atoms with E-state index in [1.165, 1.54) is 12.3 Å². The molecule has 0 bridgehead atoms. The van der Waals surface area contributed by atoms with Crippen molar-refractivity contribution in [3.63, 3.8) is 0 Å². The normalized spacial score (nSPS) is 12.8. The first-order valence-electron chi connectivity index (χ1n) is 10.9. The van der Waals surface area contributed by atoms with E-state index in [4.69, 9.17) is 32.7 Å². The Hall–Kier alpha value is -2.55. The number of hydrazone groups is 1. The van der Waals surface area contributed by atoms with E-state index in [-0.39, 0.29) is 10.9 Å². The molecule has 188 valence electrons. The number of halogens is 3. The van der Waals surface area contributed by atoms with E-state index >= 15 is 0 Å². The average molecular weight is 585 g/mol. The van der Waals surface area contributed by atoms with Gasteiger partial charge in [-0.2, -0.15) is 5.10 Å². The maximum atomic E-state index is 12.8. The Morgan fingerprint density at radius 2 is 1.83 bits per heavy atom. The fourth-order valence-electron chi connectivity index (χ4n) is 2.92. The second-order valence-corrected chi connectivity index (χ2v) is 9.75. The second kappa shape index (κ2) is 14.1. The Morgan fingerprint density at radius 1 is 1.11 bits per heavy atom. The molecule has 0 aliphatic rings. The zero-order valence-corrected chi connectivity index (χ0v) is 22.8. The highest BCUT2D eigenvalue weighted by Gasteiger charge is 2.25. The van der Waals surface area contributed by atoms with Gasteiger partial charge in [-0.3, -0.25) is 9.59 Å². The minimum absolute atomic E-state index is 0.149. The van der Waals surface area contributed by atoms with Crippen molar-refractivity contribution in [3.05, 3.63) is 69.1 Å². The van der Waals surface area contributed by atoms with Crippen molar-refractivity contribution in [2.45, 2.75) is 39.3 Å². The van der Waals surface area contributed by atoms with Crippen molar-refractivity contribution in [1.82, 2.24) is 10.7 Å². The molecule has 0 heterocycles. The number of hydrogen-bond donors (Lipinski definition) is 2. The van der Waals surface area contributed by atoms with Crippen molar-refractivity contribution in [2.24, 2.45) is 11.0 Å². The minimum atomic E-state index is -0.890. The number of nitrogens with zero attached hydrogens (tertiary/aromatic N) is 1. The number of amides is 2. The Balaban J connectivity index is 2.00. The van der Waals surface area contributed by atoms with Crippen LogP contribution in [0.2, 0.25) is 10.0 Å². The molecule has 0 aromatic heterocycles. The molecule has 10 heteroatoms. The third kappa shape index (κ3) is 9.55. The summed E-state index contributed by atoms with van der Waals surface area (Å²) in [4.78, 5) is 25.5. The van der Waals surface area contributed by atoms with Gasteiger partial charge in [0.25, 0.3) is 11.8 Å². The van der Waals surface area contributed by atoms with Crippen LogP contribution in [0.4, 0.5) is 0 Å². The molecule has 0 radical (unpaired) electrons. The van der Waals surface area contributed by atoms with Gasteiger partial charge in [0.15, 0.2) is 6.10 Å². The smallest absolute Gasteiger partial charge is 0.262 e. The van der Waals surface area contributed by atoms with Crippen LogP contribution in [0.25, 0.3) is 0 Å². The summed E-state index contributed by atoms with van der Waals surface area (Å²) in [6.45, 7) is 9.49. The monoisotopic (exact) mass is 583 g/mol. The molecular weight excluding hydrogens is 557 g/mol. The van der Waals surface area contributed by atoms with Crippen molar-refractivity contribution in [1.29, 1.82) is 0 Å². The summed E-state index contributed by atoms with van der Waals surface area (Å²) in [6.07, 6.45) is 2.69. The molecule has 0 aliphatic heterocycles. The molecule has 0 saturated carbocycles.